The number of halogens is 1. The molecule has 0 heterocycles. The van der Waals surface area contributed by atoms with Crippen molar-refractivity contribution < 1.29 is 9.50 Å². The molecule has 4 heteroatoms. The number of aliphatic hydroxyl groups is 1. The smallest absolute Gasteiger partial charge is 0.123 e. The Kier molecular flexibility index (Phi) is 6.96. The van der Waals surface area contributed by atoms with Gasteiger partial charge in [0.05, 0.1) is 6.61 Å². The number of hydrogen-bond acceptors (Lipinski definition) is 3. The molecule has 0 saturated carbocycles. The first kappa shape index (κ1) is 16.9. The zero-order chi connectivity index (χ0) is 15.0. The van der Waals surface area contributed by atoms with Gasteiger partial charge in [0, 0.05) is 24.3 Å². The summed E-state index contributed by atoms with van der Waals surface area (Å²) < 4.78 is 12.9. The number of aliphatic hydroxyl groups excluding tert-OH is 1. The van der Waals surface area contributed by atoms with Crippen LogP contribution in [0.25, 0.3) is 0 Å². The molecule has 1 unspecified atom stereocenters. The van der Waals surface area contributed by atoms with Gasteiger partial charge >= 0.3 is 0 Å². The van der Waals surface area contributed by atoms with Crippen molar-refractivity contribution in [2.24, 2.45) is 0 Å². The van der Waals surface area contributed by atoms with E-state index in [2.05, 4.69) is 24.1 Å². The van der Waals surface area contributed by atoms with Crippen molar-refractivity contribution in [3.63, 3.8) is 0 Å². The highest BCUT2D eigenvalue weighted by molar-refractivity contribution is 5.45. The zero-order valence-corrected chi connectivity index (χ0v) is 12.8. The summed E-state index contributed by atoms with van der Waals surface area (Å²) in [5.41, 5.74) is 0.867. The molecule has 0 aromatic heterocycles. The van der Waals surface area contributed by atoms with Crippen molar-refractivity contribution >= 4 is 5.69 Å². The highest BCUT2D eigenvalue weighted by atomic mass is 19.1. The maximum Gasteiger partial charge on any atom is 0.123 e. The molecule has 2 N–H and O–H groups in total. The van der Waals surface area contributed by atoms with Crippen LogP contribution in [-0.2, 0) is 0 Å². The summed E-state index contributed by atoms with van der Waals surface area (Å²) in [4.78, 5) is 2.23. The van der Waals surface area contributed by atoms with Gasteiger partial charge in [-0.15, -0.1) is 0 Å². The average Bonchev–Trinajstić information content (AvgIpc) is 2.50. The van der Waals surface area contributed by atoms with E-state index in [9.17, 15) is 9.50 Å². The van der Waals surface area contributed by atoms with Crippen molar-refractivity contribution in [3.05, 3.63) is 30.1 Å². The van der Waals surface area contributed by atoms with E-state index < -0.39 is 0 Å². The molecule has 0 aliphatic rings. The van der Waals surface area contributed by atoms with Crippen molar-refractivity contribution in [2.45, 2.75) is 38.6 Å². The fourth-order valence-electron chi connectivity index (χ4n) is 2.48. The lowest BCUT2D eigenvalue weighted by Crippen LogP contribution is -2.46. The third kappa shape index (κ3) is 4.46. The Hall–Kier alpha value is -1.13. The first-order valence-electron chi connectivity index (χ1n) is 7.41. The van der Waals surface area contributed by atoms with Crippen LogP contribution in [0.5, 0.6) is 0 Å². The van der Waals surface area contributed by atoms with Crippen LogP contribution in [0, 0.1) is 5.82 Å². The first-order valence-corrected chi connectivity index (χ1v) is 7.41. The van der Waals surface area contributed by atoms with E-state index in [1.54, 1.807) is 0 Å². The standard InChI is InChI=1S/C16H27FN2O/c1-4-16(13-20,18-3)11-6-12-19(5-2)15-9-7-14(17)8-10-15/h7-10,18,20H,4-6,11-13H2,1-3H3. The normalized spacial score (nSPS) is 14.1. The Morgan fingerprint density at radius 2 is 1.90 bits per heavy atom. The SMILES string of the molecule is CCN(CCCC(CC)(CO)NC)c1ccc(F)cc1. The molecule has 1 rings (SSSR count). The number of rotatable bonds is 9. The summed E-state index contributed by atoms with van der Waals surface area (Å²) in [7, 11) is 1.90. The van der Waals surface area contributed by atoms with Crippen LogP contribution >= 0.6 is 0 Å². The summed E-state index contributed by atoms with van der Waals surface area (Å²) in [5.74, 6) is -0.203. The molecule has 1 aromatic carbocycles. The molecular weight excluding hydrogens is 255 g/mol. The van der Waals surface area contributed by atoms with Crippen LogP contribution in [0.1, 0.15) is 33.1 Å². The summed E-state index contributed by atoms with van der Waals surface area (Å²) in [6.45, 7) is 6.14. The summed E-state index contributed by atoms with van der Waals surface area (Å²) in [6, 6.07) is 6.62. The lowest BCUT2D eigenvalue weighted by atomic mass is 9.91. The first-order chi connectivity index (χ1) is 9.60. The molecule has 0 spiro atoms. The van der Waals surface area contributed by atoms with E-state index in [1.807, 2.05) is 19.2 Å². The highest BCUT2D eigenvalue weighted by Gasteiger charge is 2.24. The van der Waals surface area contributed by atoms with Gasteiger partial charge in [-0.3, -0.25) is 0 Å². The molecule has 0 saturated heterocycles. The Balaban J connectivity index is 2.55. The molecule has 1 aromatic rings. The highest BCUT2D eigenvalue weighted by Crippen LogP contribution is 2.19. The molecule has 3 nitrogen and oxygen atoms in total. The van der Waals surface area contributed by atoms with Crippen LogP contribution in [0.3, 0.4) is 0 Å². The zero-order valence-electron chi connectivity index (χ0n) is 12.8. The van der Waals surface area contributed by atoms with Crippen molar-refractivity contribution in [3.8, 4) is 0 Å². The topological polar surface area (TPSA) is 35.5 Å². The second-order valence-electron chi connectivity index (χ2n) is 5.20. The summed E-state index contributed by atoms with van der Waals surface area (Å²) in [5, 5.41) is 12.8. The van der Waals surface area contributed by atoms with Gasteiger partial charge in [-0.1, -0.05) is 6.92 Å². The Bertz CT molecular complexity index is 368. The molecule has 0 bridgehead atoms. The Morgan fingerprint density at radius 1 is 1.25 bits per heavy atom. The lowest BCUT2D eigenvalue weighted by Gasteiger charge is -2.32. The van der Waals surface area contributed by atoms with Crippen LogP contribution in [0.15, 0.2) is 24.3 Å². The second kappa shape index (κ2) is 8.22. The van der Waals surface area contributed by atoms with Crippen molar-refractivity contribution in [2.75, 3.05) is 31.6 Å². The van der Waals surface area contributed by atoms with Gasteiger partial charge in [0.25, 0.3) is 0 Å². The lowest BCUT2D eigenvalue weighted by molar-refractivity contribution is 0.153. The van der Waals surface area contributed by atoms with E-state index >= 15 is 0 Å². The summed E-state index contributed by atoms with van der Waals surface area (Å²) in [6.07, 6.45) is 2.82. The third-order valence-corrected chi connectivity index (χ3v) is 4.17. The van der Waals surface area contributed by atoms with Gasteiger partial charge in [-0.2, -0.15) is 0 Å². The van der Waals surface area contributed by atoms with Crippen LogP contribution < -0.4 is 10.2 Å². The molecule has 20 heavy (non-hydrogen) atoms. The van der Waals surface area contributed by atoms with E-state index in [0.29, 0.717) is 0 Å². The van der Waals surface area contributed by atoms with E-state index in [0.717, 1.165) is 38.0 Å². The average molecular weight is 282 g/mol. The van der Waals surface area contributed by atoms with Crippen LogP contribution in [-0.4, -0.2) is 37.4 Å². The minimum atomic E-state index is -0.203. The van der Waals surface area contributed by atoms with Crippen molar-refractivity contribution in [1.82, 2.24) is 5.32 Å². The quantitative estimate of drug-likeness (QED) is 0.731. The van der Waals surface area contributed by atoms with E-state index in [1.165, 1.54) is 12.1 Å². The number of benzene rings is 1. The second-order valence-corrected chi connectivity index (χ2v) is 5.20. The van der Waals surface area contributed by atoms with Gasteiger partial charge in [0.2, 0.25) is 0 Å². The molecular formula is C16H27FN2O. The molecule has 0 aliphatic carbocycles. The van der Waals surface area contributed by atoms with Gasteiger partial charge in [-0.05, 0) is 57.5 Å². The minimum Gasteiger partial charge on any atom is -0.394 e. The number of nitrogens with zero attached hydrogens (tertiary/aromatic N) is 1. The maximum absolute atomic E-state index is 12.9. The summed E-state index contributed by atoms with van der Waals surface area (Å²) >= 11 is 0. The van der Waals surface area contributed by atoms with E-state index in [-0.39, 0.29) is 18.0 Å². The van der Waals surface area contributed by atoms with Crippen molar-refractivity contribution in [1.29, 1.82) is 0 Å². The third-order valence-electron chi connectivity index (χ3n) is 4.17. The molecule has 0 radical (unpaired) electrons. The van der Waals surface area contributed by atoms with Gasteiger partial charge in [-0.25, -0.2) is 4.39 Å². The number of hydrogen-bond donors (Lipinski definition) is 2. The fraction of sp³-hybridized carbons (Fsp3) is 0.625. The monoisotopic (exact) mass is 282 g/mol. The molecule has 114 valence electrons. The van der Waals surface area contributed by atoms with Gasteiger partial charge < -0.3 is 15.3 Å². The predicted molar refractivity (Wildman–Crippen MR) is 82.7 cm³/mol. The van der Waals surface area contributed by atoms with E-state index in [4.69, 9.17) is 0 Å². The van der Waals surface area contributed by atoms with Gasteiger partial charge in [0.1, 0.15) is 5.82 Å². The van der Waals surface area contributed by atoms with Gasteiger partial charge in [0.15, 0.2) is 0 Å². The number of likely N-dealkylation sites (N-methyl/N-ethyl adjacent to an activating group) is 1. The van der Waals surface area contributed by atoms with Crippen LogP contribution in [0.4, 0.5) is 10.1 Å². The Labute approximate surface area is 121 Å². The predicted octanol–water partition coefficient (Wildman–Crippen LogP) is 2.79. The number of anilines is 1. The maximum atomic E-state index is 12.9. The molecule has 0 fully saturated rings. The molecule has 0 amide bonds. The van der Waals surface area contributed by atoms with Crippen LogP contribution in [0.2, 0.25) is 0 Å². The largest absolute Gasteiger partial charge is 0.394 e. The molecule has 0 aliphatic heterocycles. The molecule has 1 atom stereocenters. The Morgan fingerprint density at radius 3 is 2.35 bits per heavy atom. The minimum absolute atomic E-state index is 0.155. The number of nitrogens with one attached hydrogen (secondary N) is 1. The fourth-order valence-corrected chi connectivity index (χ4v) is 2.48.